The number of piperidine rings is 1. The van der Waals surface area contributed by atoms with Gasteiger partial charge in [-0.1, -0.05) is 12.1 Å². The highest BCUT2D eigenvalue weighted by atomic mass is 32.1. The normalized spacial score (nSPS) is 19.0. The second-order valence-electron chi connectivity index (χ2n) is 10.6. The smallest absolute Gasteiger partial charge is 0.274 e. The maximum absolute atomic E-state index is 13.4. The maximum Gasteiger partial charge on any atom is 0.274 e. The number of rotatable bonds is 3. The number of benzene rings is 1. The summed E-state index contributed by atoms with van der Waals surface area (Å²) in [6.45, 7) is 6.72. The molecule has 0 bridgehead atoms. The minimum atomic E-state index is -0.0862. The number of amides is 2. The predicted octanol–water partition coefficient (Wildman–Crippen LogP) is 3.91. The zero-order valence-corrected chi connectivity index (χ0v) is 23.5. The zero-order valence-electron chi connectivity index (χ0n) is 22.7. The van der Waals surface area contributed by atoms with Crippen molar-refractivity contribution in [3.8, 4) is 5.75 Å². The van der Waals surface area contributed by atoms with E-state index in [0.29, 0.717) is 48.9 Å². The van der Waals surface area contributed by atoms with Gasteiger partial charge in [-0.3, -0.25) is 19.5 Å². The van der Waals surface area contributed by atoms with Gasteiger partial charge < -0.3 is 14.5 Å². The van der Waals surface area contributed by atoms with Gasteiger partial charge in [0.15, 0.2) is 0 Å². The second kappa shape index (κ2) is 12.2. The lowest BCUT2D eigenvalue weighted by molar-refractivity contribution is 0.0344. The van der Waals surface area contributed by atoms with Gasteiger partial charge in [0.1, 0.15) is 16.5 Å². The van der Waals surface area contributed by atoms with Gasteiger partial charge >= 0.3 is 0 Å². The highest BCUT2D eigenvalue weighted by Gasteiger charge is 2.38. The summed E-state index contributed by atoms with van der Waals surface area (Å²) >= 11 is 1.66. The lowest BCUT2D eigenvalue weighted by Gasteiger charge is -2.42. The molecule has 0 unspecified atom stereocenters. The van der Waals surface area contributed by atoms with Crippen molar-refractivity contribution in [2.24, 2.45) is 5.41 Å². The maximum atomic E-state index is 13.4. The van der Waals surface area contributed by atoms with Crippen LogP contribution >= 0.6 is 11.3 Å². The van der Waals surface area contributed by atoms with Crippen LogP contribution in [0.3, 0.4) is 0 Å². The van der Waals surface area contributed by atoms with Crippen LogP contribution in [-0.2, 0) is 6.54 Å². The molecule has 39 heavy (non-hydrogen) atoms. The van der Waals surface area contributed by atoms with Crippen molar-refractivity contribution < 1.29 is 14.3 Å². The first kappa shape index (κ1) is 27.2. The lowest BCUT2D eigenvalue weighted by Crippen LogP contribution is -2.46. The molecule has 3 aromatic rings. The van der Waals surface area contributed by atoms with E-state index in [1.54, 1.807) is 28.6 Å². The Bertz CT molecular complexity index is 1280. The molecule has 1 aromatic carbocycles. The Morgan fingerprint density at radius 1 is 1.00 bits per heavy atom. The molecule has 1 fully saturated rings. The number of para-hydroxylation sites is 1. The average Bonchev–Trinajstić information content (AvgIpc) is 3.47. The minimum absolute atomic E-state index is 0.0344. The lowest BCUT2D eigenvalue weighted by atomic mass is 9.75. The Balaban J connectivity index is 1.35. The molecule has 0 radical (unpaired) electrons. The van der Waals surface area contributed by atoms with Crippen molar-refractivity contribution in [1.29, 1.82) is 0 Å². The van der Waals surface area contributed by atoms with Crippen LogP contribution in [0.1, 0.15) is 57.2 Å². The van der Waals surface area contributed by atoms with Gasteiger partial charge in [-0.2, -0.15) is 0 Å². The molecule has 0 N–H and O–H groups in total. The van der Waals surface area contributed by atoms with Crippen molar-refractivity contribution in [3.63, 3.8) is 0 Å². The second-order valence-corrected chi connectivity index (χ2v) is 11.6. The third-order valence-corrected chi connectivity index (χ3v) is 8.73. The minimum Gasteiger partial charge on any atom is -0.492 e. The van der Waals surface area contributed by atoms with Gasteiger partial charge in [0.25, 0.3) is 11.8 Å². The van der Waals surface area contributed by atoms with Crippen molar-refractivity contribution >= 4 is 23.2 Å². The molecular formula is C29H36N6O3S. The number of carbonyl (C=O) groups is 2. The quantitative estimate of drug-likeness (QED) is 0.490. The molecule has 1 saturated heterocycles. The zero-order chi connectivity index (χ0) is 27.2. The third-order valence-electron chi connectivity index (χ3n) is 7.97. The Morgan fingerprint density at radius 2 is 1.79 bits per heavy atom. The molecule has 206 valence electrons. The van der Waals surface area contributed by atoms with E-state index in [1.165, 1.54) is 0 Å². The van der Waals surface area contributed by atoms with E-state index < -0.39 is 0 Å². The number of likely N-dealkylation sites (N-methyl/N-ethyl adjacent to an activating group) is 1. The topological polar surface area (TPSA) is 91.8 Å². The number of aromatic nitrogens is 3. The summed E-state index contributed by atoms with van der Waals surface area (Å²) in [5, 5.41) is 3.09. The van der Waals surface area contributed by atoms with Crippen molar-refractivity contribution in [2.45, 2.75) is 39.2 Å². The molecule has 1 spiro atoms. The van der Waals surface area contributed by atoms with E-state index in [1.807, 2.05) is 54.7 Å². The molecule has 0 aliphatic carbocycles. The number of carbonyl (C=O) groups excluding carboxylic acids is 2. The fourth-order valence-electron chi connectivity index (χ4n) is 5.49. The number of thiazole rings is 1. The van der Waals surface area contributed by atoms with Gasteiger partial charge in [-0.05, 0) is 51.3 Å². The standard InChI is InChI=1S/C29H36N6O3S/c1-22-26(32-12-11-30-22)28(37)35-15-9-29(10-16-35)8-5-14-34(20-25-31-13-19-39-25)18-17-33(2)27(36)23-6-3-4-7-24(23)38-21-29/h3-4,6-7,11-13,19H,5,8-10,14-18,20-21H2,1-2H3. The van der Waals surface area contributed by atoms with E-state index in [4.69, 9.17) is 4.74 Å². The summed E-state index contributed by atoms with van der Waals surface area (Å²) in [4.78, 5) is 45.7. The number of ether oxygens (including phenoxy) is 1. The van der Waals surface area contributed by atoms with E-state index in [2.05, 4.69) is 19.9 Å². The molecule has 2 amide bonds. The Kier molecular flexibility index (Phi) is 8.52. The molecule has 0 atom stereocenters. The van der Waals surface area contributed by atoms with Gasteiger partial charge in [0.05, 0.1) is 24.4 Å². The molecule has 2 aromatic heterocycles. The number of fused-ring (bicyclic) bond motifs is 1. The summed E-state index contributed by atoms with van der Waals surface area (Å²) in [5.41, 5.74) is 1.58. The first-order valence-electron chi connectivity index (χ1n) is 13.6. The van der Waals surface area contributed by atoms with Gasteiger partial charge in [-0.15, -0.1) is 11.3 Å². The Labute approximate surface area is 233 Å². The van der Waals surface area contributed by atoms with E-state index in [-0.39, 0.29) is 17.2 Å². The summed E-state index contributed by atoms with van der Waals surface area (Å²) in [7, 11) is 1.85. The van der Waals surface area contributed by atoms with Crippen LogP contribution in [0, 0.1) is 12.3 Å². The first-order chi connectivity index (χ1) is 18.9. The van der Waals surface area contributed by atoms with Crippen LogP contribution in [0.4, 0.5) is 0 Å². The summed E-state index contributed by atoms with van der Waals surface area (Å²) in [5.74, 6) is 0.531. The Hall–Kier alpha value is -3.37. The number of hydrogen-bond donors (Lipinski definition) is 0. The van der Waals surface area contributed by atoms with E-state index in [9.17, 15) is 9.59 Å². The van der Waals surface area contributed by atoms with Crippen LogP contribution in [0.2, 0.25) is 0 Å². The summed E-state index contributed by atoms with van der Waals surface area (Å²) in [6.07, 6.45) is 8.69. The first-order valence-corrected chi connectivity index (χ1v) is 14.5. The molecule has 5 rings (SSSR count). The van der Waals surface area contributed by atoms with Crippen molar-refractivity contribution in [3.05, 3.63) is 70.2 Å². The summed E-state index contributed by atoms with van der Waals surface area (Å²) < 4.78 is 6.43. The number of likely N-dealkylation sites (tertiary alicyclic amines) is 1. The van der Waals surface area contributed by atoms with E-state index >= 15 is 0 Å². The monoisotopic (exact) mass is 548 g/mol. The van der Waals surface area contributed by atoms with Crippen LogP contribution in [0.5, 0.6) is 5.75 Å². The fourth-order valence-corrected chi connectivity index (χ4v) is 6.14. The van der Waals surface area contributed by atoms with Gasteiger partial charge in [0, 0.05) is 62.6 Å². The predicted molar refractivity (Wildman–Crippen MR) is 150 cm³/mol. The van der Waals surface area contributed by atoms with Gasteiger partial charge in [0.2, 0.25) is 0 Å². The van der Waals surface area contributed by atoms with Crippen LogP contribution in [0.25, 0.3) is 0 Å². The van der Waals surface area contributed by atoms with Crippen molar-refractivity contribution in [2.75, 3.05) is 46.4 Å². The van der Waals surface area contributed by atoms with Crippen LogP contribution in [-0.4, -0.2) is 87.8 Å². The number of aryl methyl sites for hydroxylation is 1. The largest absolute Gasteiger partial charge is 0.492 e. The molecule has 9 nitrogen and oxygen atoms in total. The number of hydrogen-bond acceptors (Lipinski definition) is 8. The highest BCUT2D eigenvalue weighted by Crippen LogP contribution is 2.38. The number of nitrogens with zero attached hydrogens (tertiary/aromatic N) is 6. The molecule has 2 aliphatic rings. The van der Waals surface area contributed by atoms with E-state index in [0.717, 1.165) is 50.3 Å². The molecule has 0 saturated carbocycles. The molecule has 10 heteroatoms. The van der Waals surface area contributed by atoms with Gasteiger partial charge in [-0.25, -0.2) is 9.97 Å². The molecular weight excluding hydrogens is 512 g/mol. The highest BCUT2D eigenvalue weighted by molar-refractivity contribution is 7.09. The van der Waals surface area contributed by atoms with Crippen LogP contribution < -0.4 is 4.74 Å². The SMILES string of the molecule is Cc1nccnc1C(=O)N1CCC2(CCCN(Cc3nccs3)CCN(C)C(=O)c3ccccc3OC2)CC1. The Morgan fingerprint density at radius 3 is 2.56 bits per heavy atom. The van der Waals surface area contributed by atoms with Crippen molar-refractivity contribution in [1.82, 2.24) is 29.7 Å². The molecule has 2 aliphatic heterocycles. The third kappa shape index (κ3) is 6.45. The fraction of sp³-hybridized carbons (Fsp3) is 0.483. The average molecular weight is 549 g/mol. The molecule has 4 heterocycles. The summed E-state index contributed by atoms with van der Waals surface area (Å²) in [6, 6.07) is 7.53. The van der Waals surface area contributed by atoms with Crippen LogP contribution in [0.15, 0.2) is 48.2 Å².